The zero-order chi connectivity index (χ0) is 21.1. The molecule has 7 nitrogen and oxygen atoms in total. The van der Waals surface area contributed by atoms with Gasteiger partial charge in [-0.2, -0.15) is 0 Å². The number of halogens is 2. The largest absolute Gasteiger partial charge is 0.494 e. The maximum absolute atomic E-state index is 13.9. The van der Waals surface area contributed by atoms with Gasteiger partial charge in [-0.3, -0.25) is 4.79 Å². The van der Waals surface area contributed by atoms with Crippen LogP contribution in [0.2, 0.25) is 0 Å². The van der Waals surface area contributed by atoms with Crippen molar-refractivity contribution in [3.63, 3.8) is 0 Å². The molecular formula is C18H17F2NO6S. The van der Waals surface area contributed by atoms with E-state index in [1.165, 1.54) is 33.3 Å². The highest BCUT2D eigenvalue weighted by Gasteiger charge is 2.23. The topological polar surface area (TPSA) is 90.0 Å². The number of Topliss-reactive ketones (excluding diaryl/α,β-unsaturated/α-hetero) is 1. The Morgan fingerprint density at radius 3 is 2.29 bits per heavy atom. The van der Waals surface area contributed by atoms with E-state index in [4.69, 9.17) is 9.47 Å². The zero-order valence-corrected chi connectivity index (χ0v) is 16.0. The number of methoxy groups -OCH3 is 1. The fourth-order valence-corrected chi connectivity index (χ4v) is 3.09. The van der Waals surface area contributed by atoms with Crippen LogP contribution in [0.4, 0.5) is 8.78 Å². The molecule has 150 valence electrons. The molecule has 0 aliphatic heterocycles. The molecule has 0 saturated carbocycles. The monoisotopic (exact) mass is 413 g/mol. The summed E-state index contributed by atoms with van der Waals surface area (Å²) in [5.74, 6) is -3.80. The molecule has 2 aromatic rings. The smallest absolute Gasteiger partial charge is 0.341 e. The van der Waals surface area contributed by atoms with Crippen molar-refractivity contribution in [1.29, 1.82) is 0 Å². The van der Waals surface area contributed by atoms with Crippen molar-refractivity contribution >= 4 is 21.8 Å². The van der Waals surface area contributed by atoms with Crippen LogP contribution in [0.15, 0.2) is 41.3 Å². The van der Waals surface area contributed by atoms with Gasteiger partial charge in [0.25, 0.3) is 0 Å². The van der Waals surface area contributed by atoms with Crippen LogP contribution >= 0.6 is 0 Å². The predicted octanol–water partition coefficient (Wildman–Crippen LogP) is 2.26. The number of rotatable bonds is 7. The van der Waals surface area contributed by atoms with E-state index in [0.717, 1.165) is 28.6 Å². The Morgan fingerprint density at radius 2 is 1.71 bits per heavy atom. The maximum atomic E-state index is 13.9. The lowest BCUT2D eigenvalue weighted by Crippen LogP contribution is -2.23. The first-order valence-corrected chi connectivity index (χ1v) is 9.28. The normalized spacial score (nSPS) is 11.4. The fraction of sp³-hybridized carbons (Fsp3) is 0.222. The quantitative estimate of drug-likeness (QED) is 0.511. The van der Waals surface area contributed by atoms with Gasteiger partial charge in [-0.05, 0) is 36.4 Å². The lowest BCUT2D eigenvalue weighted by atomic mass is 10.1. The summed E-state index contributed by atoms with van der Waals surface area (Å²) in [6.45, 7) is -0.783. The Kier molecular flexibility index (Phi) is 6.47. The summed E-state index contributed by atoms with van der Waals surface area (Å²) in [6.07, 6.45) is 0. The number of benzene rings is 2. The molecule has 0 bridgehead atoms. The first-order chi connectivity index (χ1) is 13.1. The molecule has 0 aromatic heterocycles. The number of sulfonamides is 1. The summed E-state index contributed by atoms with van der Waals surface area (Å²) in [5, 5.41) is 0. The zero-order valence-electron chi connectivity index (χ0n) is 15.2. The van der Waals surface area contributed by atoms with Crippen LogP contribution < -0.4 is 4.74 Å². The summed E-state index contributed by atoms with van der Waals surface area (Å²) in [7, 11) is -0.0700. The van der Waals surface area contributed by atoms with E-state index in [0.29, 0.717) is 0 Å². The van der Waals surface area contributed by atoms with Gasteiger partial charge in [0.2, 0.25) is 10.0 Å². The van der Waals surface area contributed by atoms with Gasteiger partial charge in [0, 0.05) is 19.7 Å². The highest BCUT2D eigenvalue weighted by atomic mass is 32.2. The third-order valence-corrected chi connectivity index (χ3v) is 5.56. The molecule has 0 aliphatic rings. The highest BCUT2D eigenvalue weighted by Crippen LogP contribution is 2.20. The van der Waals surface area contributed by atoms with Gasteiger partial charge in [0.05, 0.1) is 17.6 Å². The van der Waals surface area contributed by atoms with E-state index in [2.05, 4.69) is 0 Å². The van der Waals surface area contributed by atoms with Crippen molar-refractivity contribution in [1.82, 2.24) is 4.31 Å². The second-order valence-electron chi connectivity index (χ2n) is 5.78. The highest BCUT2D eigenvalue weighted by molar-refractivity contribution is 7.89. The molecule has 0 amide bonds. The standard InChI is InChI=1S/C18H17F2NO6S/c1-21(2)28(24,25)12-5-6-14(19)13(9-12)18(23)27-10-16(22)11-4-7-17(26-3)15(20)8-11/h4-9H,10H2,1-3H3. The van der Waals surface area contributed by atoms with E-state index in [1.54, 1.807) is 0 Å². The minimum Gasteiger partial charge on any atom is -0.494 e. The van der Waals surface area contributed by atoms with Crippen molar-refractivity contribution in [3.05, 3.63) is 59.2 Å². The van der Waals surface area contributed by atoms with Gasteiger partial charge in [-0.25, -0.2) is 26.3 Å². The molecule has 0 saturated heterocycles. The maximum Gasteiger partial charge on any atom is 0.341 e. The van der Waals surface area contributed by atoms with Gasteiger partial charge < -0.3 is 9.47 Å². The molecule has 0 N–H and O–H groups in total. The number of hydrogen-bond donors (Lipinski definition) is 0. The molecular weight excluding hydrogens is 396 g/mol. The second-order valence-corrected chi connectivity index (χ2v) is 7.93. The first kappa shape index (κ1) is 21.5. The minimum atomic E-state index is -3.90. The Bertz CT molecular complexity index is 1020. The number of ether oxygens (including phenoxy) is 2. The van der Waals surface area contributed by atoms with Crippen LogP contribution in [0.25, 0.3) is 0 Å². The summed E-state index contributed by atoms with van der Waals surface area (Å²) in [4.78, 5) is 23.8. The molecule has 0 spiro atoms. The van der Waals surface area contributed by atoms with Crippen LogP contribution in [0.5, 0.6) is 5.75 Å². The van der Waals surface area contributed by atoms with Crippen molar-refractivity contribution in [2.24, 2.45) is 0 Å². The van der Waals surface area contributed by atoms with Crippen molar-refractivity contribution in [2.45, 2.75) is 4.90 Å². The molecule has 0 fully saturated rings. The van der Waals surface area contributed by atoms with Crippen LogP contribution in [0.3, 0.4) is 0 Å². The van der Waals surface area contributed by atoms with Crippen LogP contribution in [0.1, 0.15) is 20.7 Å². The van der Waals surface area contributed by atoms with E-state index < -0.39 is 45.6 Å². The van der Waals surface area contributed by atoms with Crippen LogP contribution in [0, 0.1) is 11.6 Å². The van der Waals surface area contributed by atoms with Crippen molar-refractivity contribution in [3.8, 4) is 5.75 Å². The van der Waals surface area contributed by atoms with E-state index in [9.17, 15) is 26.8 Å². The number of carbonyl (C=O) groups is 2. The molecule has 2 aromatic carbocycles. The predicted molar refractivity (Wildman–Crippen MR) is 94.8 cm³/mol. The summed E-state index contributed by atoms with van der Waals surface area (Å²) >= 11 is 0. The Labute approximate surface area is 160 Å². The third-order valence-electron chi connectivity index (χ3n) is 3.74. The minimum absolute atomic E-state index is 0.0606. The molecule has 2 rings (SSSR count). The molecule has 0 atom stereocenters. The number of carbonyl (C=O) groups excluding carboxylic acids is 2. The van der Waals surface area contributed by atoms with E-state index >= 15 is 0 Å². The first-order valence-electron chi connectivity index (χ1n) is 7.84. The molecule has 28 heavy (non-hydrogen) atoms. The molecule has 10 heteroatoms. The SMILES string of the molecule is COc1ccc(C(=O)COC(=O)c2cc(S(=O)(=O)N(C)C)ccc2F)cc1F. The fourth-order valence-electron chi connectivity index (χ4n) is 2.16. The van der Waals surface area contributed by atoms with Gasteiger partial charge >= 0.3 is 5.97 Å². The summed E-state index contributed by atoms with van der Waals surface area (Å²) in [5.41, 5.74) is -0.716. The lowest BCUT2D eigenvalue weighted by Gasteiger charge is -2.12. The van der Waals surface area contributed by atoms with Gasteiger partial charge in [-0.15, -0.1) is 0 Å². The number of ketones is 1. The number of nitrogens with zero attached hydrogens (tertiary/aromatic N) is 1. The number of esters is 1. The Morgan fingerprint density at radius 1 is 1.04 bits per heavy atom. The van der Waals surface area contributed by atoms with E-state index in [-0.39, 0.29) is 16.2 Å². The molecule has 0 aliphatic carbocycles. The second kappa shape index (κ2) is 8.44. The van der Waals surface area contributed by atoms with Gasteiger partial charge in [0.1, 0.15) is 5.82 Å². The summed E-state index contributed by atoms with van der Waals surface area (Å²) < 4.78 is 62.2. The summed E-state index contributed by atoms with van der Waals surface area (Å²) in [6, 6.07) is 6.08. The number of hydrogen-bond acceptors (Lipinski definition) is 6. The average Bonchev–Trinajstić information content (AvgIpc) is 2.65. The third kappa shape index (κ3) is 4.52. The molecule has 0 heterocycles. The molecule has 0 radical (unpaired) electrons. The Balaban J connectivity index is 2.17. The van der Waals surface area contributed by atoms with Crippen molar-refractivity contribution < 1.29 is 36.3 Å². The van der Waals surface area contributed by atoms with Gasteiger partial charge in [0.15, 0.2) is 24.0 Å². The Hall–Kier alpha value is -2.85. The van der Waals surface area contributed by atoms with Crippen LogP contribution in [-0.4, -0.2) is 52.3 Å². The molecule has 0 unspecified atom stereocenters. The van der Waals surface area contributed by atoms with Gasteiger partial charge in [-0.1, -0.05) is 0 Å². The van der Waals surface area contributed by atoms with Crippen LogP contribution in [-0.2, 0) is 14.8 Å². The van der Waals surface area contributed by atoms with E-state index in [1.807, 2.05) is 0 Å². The van der Waals surface area contributed by atoms with Crippen molar-refractivity contribution in [2.75, 3.05) is 27.8 Å². The lowest BCUT2D eigenvalue weighted by molar-refractivity contribution is 0.0469. The average molecular weight is 413 g/mol.